The van der Waals surface area contributed by atoms with Gasteiger partial charge in [0.25, 0.3) is 0 Å². The van der Waals surface area contributed by atoms with E-state index in [-0.39, 0.29) is 12.1 Å². The molecule has 1 N–H and O–H groups in total. The van der Waals surface area contributed by atoms with E-state index in [2.05, 4.69) is 48.5 Å². The molecule has 2 spiro atoms. The molecule has 1 saturated heterocycles. The lowest BCUT2D eigenvalue weighted by atomic mass is 9.45. The third-order valence-electron chi connectivity index (χ3n) is 27.5. The summed E-state index contributed by atoms with van der Waals surface area (Å²) in [6.07, 6.45) is 0. The molecule has 0 aromatic heterocycles. The van der Waals surface area contributed by atoms with Gasteiger partial charge in [-0.05, 0) is 349 Å². The predicted molar refractivity (Wildman–Crippen MR) is 328 cm³/mol. The molecule has 1 heterocycles. The van der Waals surface area contributed by atoms with Crippen LogP contribution in [0.25, 0.3) is 291 Å². The van der Waals surface area contributed by atoms with Gasteiger partial charge in [0, 0.05) is 12.1 Å². The van der Waals surface area contributed by atoms with Gasteiger partial charge in [-0.3, -0.25) is 0 Å². The van der Waals surface area contributed by atoms with Gasteiger partial charge in [-0.15, -0.1) is 0 Å². The van der Waals surface area contributed by atoms with Crippen molar-refractivity contribution < 1.29 is 9.47 Å². The number of hydrogen-bond acceptors (Lipinski definition) is 3. The molecule has 338 valence electrons. The average Bonchev–Trinajstić information content (AvgIpc) is 1.41. The molecule has 2 atom stereocenters. The first-order valence-corrected chi connectivity index (χ1v) is 29.1. The fourth-order valence-corrected chi connectivity index (χ4v) is 27.1. The first-order chi connectivity index (χ1) is 39.3. The predicted octanol–water partition coefficient (Wildman–Crippen LogP) is 19.4. The van der Waals surface area contributed by atoms with E-state index in [9.17, 15) is 0 Å². The Kier molecular flexibility index (Phi) is 2.90. The van der Waals surface area contributed by atoms with Gasteiger partial charge in [-0.25, -0.2) is 0 Å². The average molecular weight is 976 g/mol. The van der Waals surface area contributed by atoms with E-state index in [0.29, 0.717) is 0 Å². The van der Waals surface area contributed by atoms with Crippen molar-refractivity contribution in [1.29, 1.82) is 0 Å². The van der Waals surface area contributed by atoms with Crippen molar-refractivity contribution in [3.8, 4) is 11.5 Å². The molecule has 0 amide bonds. The summed E-state index contributed by atoms with van der Waals surface area (Å²) in [5.41, 5.74) is 8.48. The first-order valence-electron chi connectivity index (χ1n) is 29.1. The molecule has 79 heavy (non-hydrogen) atoms. The lowest BCUT2D eigenvalue weighted by molar-refractivity contribution is 0.333. The van der Waals surface area contributed by atoms with Crippen LogP contribution in [0.5, 0.6) is 11.5 Å². The van der Waals surface area contributed by atoms with Crippen LogP contribution in [0.3, 0.4) is 0 Å². The zero-order chi connectivity index (χ0) is 47.7. The summed E-state index contributed by atoms with van der Waals surface area (Å²) in [6, 6.07) is 18.8. The minimum atomic E-state index is -0.502. The van der Waals surface area contributed by atoms with E-state index in [1.165, 1.54) is 11.1 Å². The Labute approximate surface area is 433 Å². The van der Waals surface area contributed by atoms with Crippen molar-refractivity contribution >= 4 is 291 Å². The normalized spacial score (nSPS) is 23.1. The molecule has 30 aromatic carbocycles. The molecule has 5 aliphatic rings. The minimum absolute atomic E-state index is 0.0544. The van der Waals surface area contributed by atoms with Crippen LogP contribution in [-0.2, 0) is 10.8 Å². The zero-order valence-corrected chi connectivity index (χ0v) is 41.1. The van der Waals surface area contributed by atoms with Crippen molar-refractivity contribution in [2.24, 2.45) is 0 Å². The lowest BCUT2D eigenvalue weighted by Crippen LogP contribution is -2.52. The third kappa shape index (κ3) is 1.79. The SMILES string of the molecule is COc1ccc(C2NC(c3ccc(OC)cc3)C34c5c6c7c8c9c%10c(c%11c%12c3c3c5c5c%13c6c6c7c7c9c9c%14c%10c%10c%11c%11c%12c%12c3c3c5c5c%13c%13c6c6c7c9c7c9c%14c%10c%10c%11c%11c%12c3c3c5c5c%13c6c7c6c9c%10c%11c3c56)C824)cc1. The molecule has 0 saturated carbocycles. The molecular formula is C76H17NO2. The maximum Gasteiger partial charge on any atom is 0.118 e. The highest BCUT2D eigenvalue weighted by atomic mass is 16.5. The molecular weight excluding hydrogens is 959 g/mol. The van der Waals surface area contributed by atoms with Crippen LogP contribution in [0, 0.1) is 0 Å². The number of rotatable bonds is 4. The maximum atomic E-state index is 6.05. The van der Waals surface area contributed by atoms with Crippen molar-refractivity contribution in [2.75, 3.05) is 14.2 Å². The van der Waals surface area contributed by atoms with Gasteiger partial charge in [-0.1, -0.05) is 24.3 Å². The second-order valence-electron chi connectivity index (χ2n) is 27.9. The minimum Gasteiger partial charge on any atom is -0.497 e. The second-order valence-corrected chi connectivity index (χ2v) is 27.9. The van der Waals surface area contributed by atoms with E-state index in [4.69, 9.17) is 14.8 Å². The molecule has 1 aliphatic heterocycles. The number of benzene rings is 20. The van der Waals surface area contributed by atoms with E-state index in [1.807, 2.05) is 14.2 Å². The van der Waals surface area contributed by atoms with Gasteiger partial charge < -0.3 is 14.8 Å². The standard InChI is InChI=1S/C76H17NO2/c1-78-13-7-3-11(4-8-13)73-75-69-61-53-43-33-25-17-15-16-19-23-21(17)29-37-31(23)41-35-27(19)28-20(16)24-22-18(15)26(25)34-40-30(22)38-32(24)42-36(28)46-45(35)55-49(41)59-51(37)57(47(53)39(29)33)65(69)67(59)71-63(55)64-56(46)50(42)60-52(38)58-48(40)54(44(34)43)62(61)70(75)66(58)68(60)72(64)76(71,75)74(77-73)12-5-9-14(79-2)10-6-12/h3-10,73-74,77H,1-2H3. The summed E-state index contributed by atoms with van der Waals surface area (Å²) in [7, 11) is 3.66. The number of nitrogens with one attached hydrogen (secondary N) is 1. The summed E-state index contributed by atoms with van der Waals surface area (Å²) in [4.78, 5) is 0. The van der Waals surface area contributed by atoms with Crippen molar-refractivity contribution in [2.45, 2.75) is 22.9 Å². The summed E-state index contributed by atoms with van der Waals surface area (Å²) in [5.74, 6) is 1.84. The van der Waals surface area contributed by atoms with Gasteiger partial charge in [-0.2, -0.15) is 0 Å². The molecule has 0 radical (unpaired) electrons. The Morgan fingerprint density at radius 2 is 0.354 bits per heavy atom. The van der Waals surface area contributed by atoms with Crippen molar-refractivity contribution in [3.63, 3.8) is 0 Å². The Hall–Kier alpha value is -9.54. The second kappa shape index (κ2) is 7.38. The van der Waals surface area contributed by atoms with Crippen LogP contribution in [0.15, 0.2) is 48.5 Å². The smallest absolute Gasteiger partial charge is 0.118 e. The third-order valence-corrected chi connectivity index (χ3v) is 27.5. The summed E-state index contributed by atoms with van der Waals surface area (Å²) in [5, 5.41) is 93.1. The van der Waals surface area contributed by atoms with Crippen LogP contribution in [-0.4, -0.2) is 14.2 Å². The number of ether oxygens (including phenoxy) is 2. The zero-order valence-electron chi connectivity index (χ0n) is 41.1. The fourth-order valence-electron chi connectivity index (χ4n) is 27.1. The molecule has 35 rings (SSSR count). The Bertz CT molecular complexity index is 7260. The van der Waals surface area contributed by atoms with Gasteiger partial charge >= 0.3 is 0 Å². The van der Waals surface area contributed by atoms with Crippen LogP contribution in [0.4, 0.5) is 0 Å². The van der Waals surface area contributed by atoms with Crippen molar-refractivity contribution in [3.05, 3.63) is 81.9 Å². The summed E-state index contributed by atoms with van der Waals surface area (Å²) < 4.78 is 12.1. The Balaban J connectivity index is 1.08. The molecule has 3 nitrogen and oxygen atoms in total. The highest BCUT2D eigenvalue weighted by Crippen LogP contribution is 2.88. The number of methoxy groups -OCH3 is 2. The van der Waals surface area contributed by atoms with Crippen LogP contribution < -0.4 is 14.8 Å². The first kappa shape index (κ1) is 31.0. The van der Waals surface area contributed by atoms with Gasteiger partial charge in [0.05, 0.1) is 25.0 Å². The molecule has 3 heteroatoms. The topological polar surface area (TPSA) is 30.5 Å². The van der Waals surface area contributed by atoms with Crippen LogP contribution in [0.1, 0.15) is 45.5 Å². The molecule has 2 unspecified atom stereocenters. The maximum absolute atomic E-state index is 6.05. The quantitative estimate of drug-likeness (QED) is 0.178. The summed E-state index contributed by atoms with van der Waals surface area (Å²) in [6.45, 7) is 0. The monoisotopic (exact) mass is 975 g/mol. The number of hydrogen-bond donors (Lipinski definition) is 1. The molecule has 4 aliphatic carbocycles. The van der Waals surface area contributed by atoms with Gasteiger partial charge in [0.15, 0.2) is 0 Å². The Morgan fingerprint density at radius 1 is 0.215 bits per heavy atom. The molecule has 1 fully saturated rings. The van der Waals surface area contributed by atoms with E-state index < -0.39 is 10.8 Å². The highest BCUT2D eigenvalue weighted by Gasteiger charge is 2.77. The molecule has 30 aromatic rings. The summed E-state index contributed by atoms with van der Waals surface area (Å²) >= 11 is 0. The fraction of sp³-hybridized carbons (Fsp3) is 0.0789. The van der Waals surface area contributed by atoms with E-state index in [0.717, 1.165) is 11.5 Å². The lowest BCUT2D eigenvalue weighted by Gasteiger charge is -2.53. The largest absolute Gasteiger partial charge is 0.497 e. The van der Waals surface area contributed by atoms with Gasteiger partial charge in [0.1, 0.15) is 11.5 Å². The van der Waals surface area contributed by atoms with Crippen LogP contribution >= 0.6 is 0 Å². The van der Waals surface area contributed by atoms with Crippen molar-refractivity contribution in [1.82, 2.24) is 5.32 Å². The Morgan fingerprint density at radius 3 is 0.494 bits per heavy atom. The van der Waals surface area contributed by atoms with E-state index in [1.54, 1.807) is 313 Å². The van der Waals surface area contributed by atoms with E-state index >= 15 is 0 Å². The molecule has 0 bridgehead atoms. The highest BCUT2D eigenvalue weighted by molar-refractivity contribution is 6.82. The van der Waals surface area contributed by atoms with Crippen LogP contribution in [0.2, 0.25) is 0 Å². The van der Waals surface area contributed by atoms with Gasteiger partial charge in [0.2, 0.25) is 0 Å².